The van der Waals surface area contributed by atoms with E-state index in [0.717, 1.165) is 33.1 Å². The van der Waals surface area contributed by atoms with Crippen molar-refractivity contribution in [2.75, 3.05) is 16.9 Å². The first-order valence-electron chi connectivity index (χ1n) is 10.0. The maximum Gasteiger partial charge on any atom is 0.363 e. The number of fused-ring (bicyclic) bond motifs is 3. The summed E-state index contributed by atoms with van der Waals surface area (Å²) in [5.41, 5.74) is 1.62. The van der Waals surface area contributed by atoms with Crippen LogP contribution in [0.25, 0.3) is 9.75 Å². The molecule has 5 nitrogen and oxygen atoms in total. The van der Waals surface area contributed by atoms with Gasteiger partial charge in [0.25, 0.3) is 5.91 Å². The van der Waals surface area contributed by atoms with Crippen molar-refractivity contribution in [1.29, 1.82) is 0 Å². The van der Waals surface area contributed by atoms with Gasteiger partial charge in [-0.25, -0.2) is 18.6 Å². The molecule has 1 aliphatic rings. The van der Waals surface area contributed by atoms with Crippen LogP contribution in [0, 0.1) is 11.6 Å². The Morgan fingerprint density at radius 3 is 2.48 bits per heavy atom. The SMILES string of the molecule is O=C(ON1CCc2cc(C(=O)Nc3c(F)cccc3F)sc2-c2sccc21)c1ccccc1. The van der Waals surface area contributed by atoms with Crippen LogP contribution in [0.3, 0.4) is 0 Å². The topological polar surface area (TPSA) is 58.6 Å². The van der Waals surface area contributed by atoms with E-state index in [9.17, 15) is 18.4 Å². The summed E-state index contributed by atoms with van der Waals surface area (Å²) in [6, 6.07) is 15.7. The fourth-order valence-corrected chi connectivity index (χ4v) is 5.73. The Morgan fingerprint density at radius 2 is 1.73 bits per heavy atom. The third kappa shape index (κ3) is 4.12. The Bertz CT molecular complexity index is 1330. The van der Waals surface area contributed by atoms with Crippen LogP contribution in [-0.4, -0.2) is 18.4 Å². The molecular formula is C24H16F2N2O3S2. The van der Waals surface area contributed by atoms with Crippen molar-refractivity contribution in [2.24, 2.45) is 0 Å². The first-order chi connectivity index (χ1) is 16.0. The zero-order chi connectivity index (χ0) is 22.9. The van der Waals surface area contributed by atoms with E-state index in [1.807, 2.05) is 17.5 Å². The van der Waals surface area contributed by atoms with Gasteiger partial charge in [0.05, 0.1) is 32.4 Å². The molecule has 1 amide bonds. The molecule has 0 unspecified atom stereocenters. The highest BCUT2D eigenvalue weighted by atomic mass is 32.1. The molecule has 5 rings (SSSR count). The number of thiophene rings is 2. The van der Waals surface area contributed by atoms with Gasteiger partial charge in [-0.3, -0.25) is 4.79 Å². The average Bonchev–Trinajstić information content (AvgIpc) is 3.44. The Morgan fingerprint density at radius 1 is 0.970 bits per heavy atom. The van der Waals surface area contributed by atoms with Crippen LogP contribution in [0.5, 0.6) is 0 Å². The highest BCUT2D eigenvalue weighted by molar-refractivity contribution is 7.23. The molecule has 9 heteroatoms. The minimum Gasteiger partial charge on any atom is -0.335 e. The number of halogens is 2. The van der Waals surface area contributed by atoms with Gasteiger partial charge in [0, 0.05) is 0 Å². The molecule has 2 aromatic carbocycles. The molecular weight excluding hydrogens is 466 g/mol. The fraction of sp³-hybridized carbons (Fsp3) is 0.0833. The van der Waals surface area contributed by atoms with E-state index in [2.05, 4.69) is 5.32 Å². The lowest BCUT2D eigenvalue weighted by Gasteiger charge is -2.21. The smallest absolute Gasteiger partial charge is 0.335 e. The Labute approximate surface area is 195 Å². The lowest BCUT2D eigenvalue weighted by molar-refractivity contribution is 0.0453. The van der Waals surface area contributed by atoms with Gasteiger partial charge in [0.1, 0.15) is 17.3 Å². The van der Waals surface area contributed by atoms with Crippen LogP contribution in [0.4, 0.5) is 20.2 Å². The van der Waals surface area contributed by atoms with Crippen LogP contribution in [0.15, 0.2) is 66.0 Å². The molecule has 2 aromatic heterocycles. The average molecular weight is 483 g/mol. The molecule has 0 spiro atoms. The number of anilines is 2. The number of carbonyl (C=O) groups is 2. The summed E-state index contributed by atoms with van der Waals surface area (Å²) in [6.07, 6.45) is 0.524. The molecule has 0 saturated carbocycles. The lowest BCUT2D eigenvalue weighted by atomic mass is 10.1. The normalized spacial score (nSPS) is 12.5. The van der Waals surface area contributed by atoms with Gasteiger partial charge >= 0.3 is 5.97 Å². The second-order valence-electron chi connectivity index (χ2n) is 7.25. The van der Waals surface area contributed by atoms with Crippen molar-refractivity contribution < 1.29 is 23.2 Å². The number of nitrogens with zero attached hydrogens (tertiary/aromatic N) is 1. The van der Waals surface area contributed by atoms with Gasteiger partial charge in [-0.1, -0.05) is 24.3 Å². The molecule has 3 heterocycles. The van der Waals surface area contributed by atoms with Crippen LogP contribution >= 0.6 is 22.7 Å². The number of hydrogen-bond donors (Lipinski definition) is 1. The third-order valence-corrected chi connectivity index (χ3v) is 7.38. The first kappa shape index (κ1) is 21.3. The van der Waals surface area contributed by atoms with Gasteiger partial charge in [-0.15, -0.1) is 22.7 Å². The number of nitrogens with one attached hydrogen (secondary N) is 1. The molecule has 33 heavy (non-hydrogen) atoms. The van der Waals surface area contributed by atoms with Crippen molar-refractivity contribution >= 4 is 45.9 Å². The summed E-state index contributed by atoms with van der Waals surface area (Å²) in [4.78, 5) is 33.0. The number of benzene rings is 2. The van der Waals surface area contributed by atoms with Crippen LogP contribution in [0.2, 0.25) is 0 Å². The molecule has 166 valence electrons. The van der Waals surface area contributed by atoms with Gasteiger partial charge in [0.15, 0.2) is 0 Å². The number of amides is 1. The van der Waals surface area contributed by atoms with E-state index >= 15 is 0 Å². The van der Waals surface area contributed by atoms with Crippen molar-refractivity contribution in [3.8, 4) is 9.75 Å². The monoisotopic (exact) mass is 482 g/mol. The highest BCUT2D eigenvalue weighted by Crippen LogP contribution is 2.45. The highest BCUT2D eigenvalue weighted by Gasteiger charge is 2.27. The Balaban J connectivity index is 1.40. The van der Waals surface area contributed by atoms with Crippen molar-refractivity contribution in [2.45, 2.75) is 6.42 Å². The third-order valence-electron chi connectivity index (χ3n) is 5.14. The second-order valence-corrected chi connectivity index (χ2v) is 9.22. The molecule has 0 saturated heterocycles. The number of carbonyl (C=O) groups excluding carboxylic acids is 2. The first-order valence-corrected chi connectivity index (χ1v) is 11.7. The zero-order valence-corrected chi connectivity index (χ0v) is 18.6. The van der Waals surface area contributed by atoms with Crippen LogP contribution < -0.4 is 10.4 Å². The largest absolute Gasteiger partial charge is 0.363 e. The van der Waals surface area contributed by atoms with Crippen molar-refractivity contribution in [3.63, 3.8) is 0 Å². The van der Waals surface area contributed by atoms with Crippen LogP contribution in [0.1, 0.15) is 25.6 Å². The Kier molecular flexibility index (Phi) is 5.65. The maximum atomic E-state index is 13.9. The minimum atomic E-state index is -0.835. The van der Waals surface area contributed by atoms with Crippen molar-refractivity contribution in [1.82, 2.24) is 0 Å². The summed E-state index contributed by atoms with van der Waals surface area (Å²) < 4.78 is 27.9. The maximum absolute atomic E-state index is 13.9. The molecule has 0 aliphatic carbocycles. The lowest BCUT2D eigenvalue weighted by Crippen LogP contribution is -2.28. The molecule has 0 fully saturated rings. The van der Waals surface area contributed by atoms with Crippen molar-refractivity contribution in [3.05, 3.63) is 93.7 Å². The minimum absolute atomic E-state index is 0.344. The summed E-state index contributed by atoms with van der Waals surface area (Å²) in [5.74, 6) is -2.71. The Hall–Kier alpha value is -3.56. The van der Waals surface area contributed by atoms with Gasteiger partial charge in [0.2, 0.25) is 0 Å². The summed E-state index contributed by atoms with van der Waals surface area (Å²) in [6.45, 7) is 0.398. The van der Waals surface area contributed by atoms with Gasteiger partial charge < -0.3 is 10.2 Å². The molecule has 0 bridgehead atoms. The standard InChI is InChI=1S/C24H16F2N2O3S2/c25-16-7-4-8-17(26)20(16)27-23(29)19-13-15-9-11-28(18-10-12-32-22(18)21(15)33-19)31-24(30)14-5-2-1-3-6-14/h1-8,10,12-13H,9,11H2,(H,27,29). The fourth-order valence-electron chi connectivity index (χ4n) is 3.54. The van der Waals surface area contributed by atoms with Gasteiger partial charge in [-0.2, -0.15) is 0 Å². The second kappa shape index (κ2) is 8.76. The molecule has 1 aliphatic heterocycles. The van der Waals surface area contributed by atoms with Gasteiger partial charge in [-0.05, 0) is 53.8 Å². The molecule has 0 radical (unpaired) electrons. The van der Waals surface area contributed by atoms with E-state index in [1.165, 1.54) is 28.7 Å². The number of hydroxylamine groups is 1. The quantitative estimate of drug-likeness (QED) is 0.380. The summed E-state index contributed by atoms with van der Waals surface area (Å²) in [7, 11) is 0. The van der Waals surface area contributed by atoms with E-state index in [-0.39, 0.29) is 0 Å². The van der Waals surface area contributed by atoms with E-state index in [0.29, 0.717) is 23.4 Å². The predicted molar refractivity (Wildman–Crippen MR) is 125 cm³/mol. The van der Waals surface area contributed by atoms with E-state index in [4.69, 9.17) is 4.84 Å². The van der Waals surface area contributed by atoms with E-state index < -0.39 is 29.2 Å². The summed E-state index contributed by atoms with van der Waals surface area (Å²) in [5, 5.41) is 5.79. The number of rotatable bonds is 4. The van der Waals surface area contributed by atoms with E-state index in [1.54, 1.807) is 35.4 Å². The predicted octanol–water partition coefficient (Wildman–Crippen LogP) is 6.14. The van der Waals surface area contributed by atoms with Crippen LogP contribution in [-0.2, 0) is 11.3 Å². The number of hydrogen-bond acceptors (Lipinski definition) is 6. The summed E-state index contributed by atoms with van der Waals surface area (Å²) >= 11 is 2.71. The number of para-hydroxylation sites is 1. The zero-order valence-electron chi connectivity index (χ0n) is 17.0. The molecule has 0 atom stereocenters. The molecule has 1 N–H and O–H groups in total. The molecule has 4 aromatic rings.